The third-order valence-corrected chi connectivity index (χ3v) is 3.57. The van der Waals surface area contributed by atoms with E-state index in [0.717, 1.165) is 25.2 Å². The molecule has 19 heavy (non-hydrogen) atoms. The maximum Gasteiger partial charge on any atom is 0.227 e. The first kappa shape index (κ1) is 13.8. The van der Waals surface area contributed by atoms with Crippen molar-refractivity contribution in [3.05, 3.63) is 29.8 Å². The van der Waals surface area contributed by atoms with Gasteiger partial charge in [0.1, 0.15) is 5.75 Å². The Bertz CT molecular complexity index is 433. The minimum atomic E-state index is 0.100. The summed E-state index contributed by atoms with van der Waals surface area (Å²) < 4.78 is 0. The van der Waals surface area contributed by atoms with E-state index in [2.05, 4.69) is 4.90 Å². The fourth-order valence-electron chi connectivity index (χ4n) is 2.43. The quantitative estimate of drug-likeness (QED) is 0.807. The molecule has 0 spiro atoms. The van der Waals surface area contributed by atoms with E-state index in [4.69, 9.17) is 5.73 Å². The molecule has 5 heteroatoms. The first-order valence-electron chi connectivity index (χ1n) is 6.56. The molecule has 3 N–H and O–H groups in total. The van der Waals surface area contributed by atoms with Crippen LogP contribution >= 0.6 is 0 Å². The molecule has 0 aromatic heterocycles. The minimum Gasteiger partial charge on any atom is -0.508 e. The molecule has 1 saturated heterocycles. The zero-order chi connectivity index (χ0) is 13.8. The number of phenols is 1. The second kappa shape index (κ2) is 6.04. The minimum absolute atomic E-state index is 0.100. The molecule has 1 aromatic carbocycles. The number of carbonyl (C=O) groups is 1. The summed E-state index contributed by atoms with van der Waals surface area (Å²) in [4.78, 5) is 16.4. The van der Waals surface area contributed by atoms with Crippen molar-refractivity contribution in [2.75, 3.05) is 33.2 Å². The smallest absolute Gasteiger partial charge is 0.227 e. The SMILES string of the molecule is CN1CCN(C(=O)Cc2ccc(O)cc2)C(CN)C1. The van der Waals surface area contributed by atoms with Gasteiger partial charge in [-0.25, -0.2) is 0 Å². The Morgan fingerprint density at radius 1 is 1.37 bits per heavy atom. The Labute approximate surface area is 113 Å². The summed E-state index contributed by atoms with van der Waals surface area (Å²) in [5.41, 5.74) is 6.67. The summed E-state index contributed by atoms with van der Waals surface area (Å²) in [6, 6.07) is 6.87. The van der Waals surface area contributed by atoms with Crippen molar-refractivity contribution in [3.8, 4) is 5.75 Å². The summed E-state index contributed by atoms with van der Waals surface area (Å²) in [5.74, 6) is 0.324. The monoisotopic (exact) mass is 263 g/mol. The summed E-state index contributed by atoms with van der Waals surface area (Å²) >= 11 is 0. The Kier molecular flexibility index (Phi) is 4.39. The van der Waals surface area contributed by atoms with Gasteiger partial charge in [-0.05, 0) is 24.7 Å². The van der Waals surface area contributed by atoms with Gasteiger partial charge in [-0.1, -0.05) is 12.1 Å². The number of hydrogen-bond donors (Lipinski definition) is 2. The second-order valence-electron chi connectivity index (χ2n) is 5.08. The number of likely N-dealkylation sites (N-methyl/N-ethyl adjacent to an activating group) is 1. The molecule has 1 aliphatic heterocycles. The van der Waals surface area contributed by atoms with E-state index >= 15 is 0 Å². The lowest BCUT2D eigenvalue weighted by Crippen LogP contribution is -2.57. The van der Waals surface area contributed by atoms with Gasteiger partial charge in [-0.2, -0.15) is 0 Å². The Morgan fingerprint density at radius 2 is 2.05 bits per heavy atom. The molecule has 1 amide bonds. The van der Waals surface area contributed by atoms with Crippen LogP contribution in [0.2, 0.25) is 0 Å². The van der Waals surface area contributed by atoms with Crippen molar-refractivity contribution >= 4 is 5.91 Å². The van der Waals surface area contributed by atoms with Gasteiger partial charge in [-0.3, -0.25) is 4.79 Å². The number of benzene rings is 1. The average Bonchev–Trinajstić information content (AvgIpc) is 2.41. The van der Waals surface area contributed by atoms with Crippen LogP contribution in [-0.2, 0) is 11.2 Å². The number of phenolic OH excluding ortho intramolecular Hbond substituents is 1. The van der Waals surface area contributed by atoms with Crippen LogP contribution in [-0.4, -0.2) is 60.1 Å². The molecule has 1 aliphatic rings. The molecule has 0 saturated carbocycles. The lowest BCUT2D eigenvalue weighted by Gasteiger charge is -2.39. The zero-order valence-electron chi connectivity index (χ0n) is 11.2. The third kappa shape index (κ3) is 3.45. The number of piperazine rings is 1. The lowest BCUT2D eigenvalue weighted by atomic mass is 10.1. The van der Waals surface area contributed by atoms with Crippen molar-refractivity contribution in [2.45, 2.75) is 12.5 Å². The van der Waals surface area contributed by atoms with Crippen LogP contribution in [0, 0.1) is 0 Å². The van der Waals surface area contributed by atoms with Crippen LogP contribution in [0.4, 0.5) is 0 Å². The highest BCUT2D eigenvalue weighted by atomic mass is 16.3. The van der Waals surface area contributed by atoms with E-state index in [-0.39, 0.29) is 17.7 Å². The molecule has 0 bridgehead atoms. The Morgan fingerprint density at radius 3 is 2.68 bits per heavy atom. The predicted octanol–water partition coefficient (Wildman–Crippen LogP) is 0.0360. The molecule has 1 atom stereocenters. The van der Waals surface area contributed by atoms with E-state index < -0.39 is 0 Å². The number of nitrogens with zero attached hydrogens (tertiary/aromatic N) is 2. The van der Waals surface area contributed by atoms with Crippen molar-refractivity contribution < 1.29 is 9.90 Å². The maximum atomic E-state index is 12.3. The van der Waals surface area contributed by atoms with Gasteiger partial charge in [0.15, 0.2) is 0 Å². The number of carbonyl (C=O) groups excluding carboxylic acids is 1. The number of nitrogens with two attached hydrogens (primary N) is 1. The van der Waals surface area contributed by atoms with Gasteiger partial charge in [0.25, 0.3) is 0 Å². The van der Waals surface area contributed by atoms with E-state index in [9.17, 15) is 9.90 Å². The van der Waals surface area contributed by atoms with Gasteiger partial charge in [0.05, 0.1) is 12.5 Å². The van der Waals surface area contributed by atoms with Crippen LogP contribution in [0.1, 0.15) is 5.56 Å². The fraction of sp³-hybridized carbons (Fsp3) is 0.500. The summed E-state index contributed by atoms with van der Waals surface area (Å²) in [5, 5.41) is 9.23. The van der Waals surface area contributed by atoms with Crippen molar-refractivity contribution in [1.29, 1.82) is 0 Å². The first-order chi connectivity index (χ1) is 9.10. The molecule has 5 nitrogen and oxygen atoms in total. The van der Waals surface area contributed by atoms with Gasteiger partial charge < -0.3 is 20.6 Å². The fourth-order valence-corrected chi connectivity index (χ4v) is 2.43. The number of aromatic hydroxyl groups is 1. The van der Waals surface area contributed by atoms with Crippen LogP contribution < -0.4 is 5.73 Å². The molecule has 1 heterocycles. The highest BCUT2D eigenvalue weighted by Crippen LogP contribution is 2.13. The highest BCUT2D eigenvalue weighted by Gasteiger charge is 2.27. The molecule has 1 fully saturated rings. The van der Waals surface area contributed by atoms with Crippen molar-refractivity contribution in [3.63, 3.8) is 0 Å². The van der Waals surface area contributed by atoms with Gasteiger partial charge >= 0.3 is 0 Å². The van der Waals surface area contributed by atoms with Crippen LogP contribution in [0.3, 0.4) is 0 Å². The molecule has 2 rings (SSSR count). The van der Waals surface area contributed by atoms with Gasteiger partial charge in [0, 0.05) is 26.2 Å². The van der Waals surface area contributed by atoms with E-state index in [0.29, 0.717) is 13.0 Å². The number of amides is 1. The molecule has 1 unspecified atom stereocenters. The topological polar surface area (TPSA) is 69.8 Å². The second-order valence-corrected chi connectivity index (χ2v) is 5.08. The number of hydrogen-bond acceptors (Lipinski definition) is 4. The zero-order valence-corrected chi connectivity index (χ0v) is 11.2. The Balaban J connectivity index is 2.00. The van der Waals surface area contributed by atoms with Crippen LogP contribution in [0.15, 0.2) is 24.3 Å². The maximum absolute atomic E-state index is 12.3. The first-order valence-corrected chi connectivity index (χ1v) is 6.56. The van der Waals surface area contributed by atoms with E-state index in [1.165, 1.54) is 0 Å². The van der Waals surface area contributed by atoms with Gasteiger partial charge in [0.2, 0.25) is 5.91 Å². The average molecular weight is 263 g/mol. The van der Waals surface area contributed by atoms with Crippen LogP contribution in [0.5, 0.6) is 5.75 Å². The molecular formula is C14H21N3O2. The molecule has 0 aliphatic carbocycles. The van der Waals surface area contributed by atoms with Crippen LogP contribution in [0.25, 0.3) is 0 Å². The Hall–Kier alpha value is -1.59. The van der Waals surface area contributed by atoms with Crippen molar-refractivity contribution in [1.82, 2.24) is 9.80 Å². The third-order valence-electron chi connectivity index (χ3n) is 3.57. The van der Waals surface area contributed by atoms with E-state index in [1.54, 1.807) is 24.3 Å². The normalized spacial score (nSPS) is 20.5. The highest BCUT2D eigenvalue weighted by molar-refractivity contribution is 5.79. The number of rotatable bonds is 3. The standard InChI is InChI=1S/C14H21N3O2/c1-16-6-7-17(12(9-15)10-16)14(19)8-11-2-4-13(18)5-3-11/h2-5,12,18H,6-10,15H2,1H3. The molecule has 0 radical (unpaired) electrons. The molecular weight excluding hydrogens is 242 g/mol. The van der Waals surface area contributed by atoms with Crippen molar-refractivity contribution in [2.24, 2.45) is 5.73 Å². The summed E-state index contributed by atoms with van der Waals surface area (Å²) in [7, 11) is 2.05. The van der Waals surface area contributed by atoms with E-state index in [1.807, 2.05) is 11.9 Å². The van der Waals surface area contributed by atoms with Gasteiger partial charge in [-0.15, -0.1) is 0 Å². The molecule has 104 valence electrons. The lowest BCUT2D eigenvalue weighted by molar-refractivity contribution is -0.134. The molecule has 1 aromatic rings. The largest absolute Gasteiger partial charge is 0.508 e. The summed E-state index contributed by atoms with van der Waals surface area (Å²) in [6.45, 7) is 2.94. The summed E-state index contributed by atoms with van der Waals surface area (Å²) in [6.07, 6.45) is 0.362. The predicted molar refractivity (Wildman–Crippen MR) is 73.9 cm³/mol.